The van der Waals surface area contributed by atoms with E-state index in [-0.39, 0.29) is 11.7 Å². The number of amides is 2. The number of nitrogens with zero attached hydrogens (tertiary/aromatic N) is 1. The number of aryl methyl sites for hydroxylation is 2. The Balaban J connectivity index is 3.52. The molecular formula is C13H20N4O2. The molecule has 0 bridgehead atoms. The molecule has 0 saturated heterocycles. The third-order valence-corrected chi connectivity index (χ3v) is 2.90. The van der Waals surface area contributed by atoms with E-state index in [1.165, 1.54) is 7.05 Å². The first-order valence-corrected chi connectivity index (χ1v) is 6.16. The molecule has 6 heteroatoms. The van der Waals surface area contributed by atoms with E-state index in [1.54, 1.807) is 12.1 Å². The van der Waals surface area contributed by atoms with Crippen LogP contribution in [0.5, 0.6) is 5.75 Å². The van der Waals surface area contributed by atoms with Gasteiger partial charge < -0.3 is 16.2 Å². The maximum Gasteiger partial charge on any atom is 0.328 e. The Labute approximate surface area is 112 Å². The summed E-state index contributed by atoms with van der Waals surface area (Å²) in [4.78, 5) is 13.0. The van der Waals surface area contributed by atoms with Crippen molar-refractivity contribution in [2.75, 3.05) is 11.9 Å². The van der Waals surface area contributed by atoms with E-state index in [0.717, 1.165) is 16.0 Å². The van der Waals surface area contributed by atoms with Crippen molar-refractivity contribution < 1.29 is 9.90 Å². The van der Waals surface area contributed by atoms with Gasteiger partial charge in [0.15, 0.2) is 0 Å². The van der Waals surface area contributed by atoms with Crippen molar-refractivity contribution >= 4 is 17.7 Å². The highest BCUT2D eigenvalue weighted by Crippen LogP contribution is 2.31. The molecule has 19 heavy (non-hydrogen) atoms. The lowest BCUT2D eigenvalue weighted by molar-refractivity contribution is 0.251. The van der Waals surface area contributed by atoms with Gasteiger partial charge in [-0.25, -0.2) is 9.69 Å². The van der Waals surface area contributed by atoms with Crippen molar-refractivity contribution in [3.8, 4) is 5.75 Å². The summed E-state index contributed by atoms with van der Waals surface area (Å²) in [5, 5.41) is 19.8. The smallest absolute Gasteiger partial charge is 0.328 e. The molecule has 0 aliphatic rings. The minimum atomic E-state index is -0.470. The molecule has 0 aliphatic carbocycles. The summed E-state index contributed by atoms with van der Waals surface area (Å²) in [5.74, 6) is -0.202. The van der Waals surface area contributed by atoms with Crippen molar-refractivity contribution in [3.05, 3.63) is 23.3 Å². The summed E-state index contributed by atoms with van der Waals surface area (Å²) in [6.45, 7) is 3.83. The average Bonchev–Trinajstić information content (AvgIpc) is 2.39. The predicted molar refractivity (Wildman–Crippen MR) is 75.7 cm³/mol. The van der Waals surface area contributed by atoms with Crippen LogP contribution in [-0.4, -0.2) is 24.1 Å². The molecule has 1 aromatic rings. The number of phenolic OH excluding ortho intramolecular Hbond substituents is 1. The highest BCUT2D eigenvalue weighted by molar-refractivity contribution is 6.14. The Morgan fingerprint density at radius 3 is 2.16 bits per heavy atom. The molecule has 0 aliphatic heterocycles. The van der Waals surface area contributed by atoms with Gasteiger partial charge in [-0.2, -0.15) is 0 Å². The van der Waals surface area contributed by atoms with Crippen molar-refractivity contribution in [2.24, 2.45) is 5.73 Å². The van der Waals surface area contributed by atoms with E-state index in [0.29, 0.717) is 18.5 Å². The number of rotatable bonds is 3. The summed E-state index contributed by atoms with van der Waals surface area (Å²) in [7, 11) is 1.48. The van der Waals surface area contributed by atoms with Crippen LogP contribution in [0.15, 0.2) is 12.1 Å². The Morgan fingerprint density at radius 2 is 1.84 bits per heavy atom. The number of urea groups is 1. The number of hydrogen-bond acceptors (Lipinski definition) is 3. The Hall–Kier alpha value is -2.24. The van der Waals surface area contributed by atoms with E-state index in [1.807, 2.05) is 13.8 Å². The standard InChI is InChI=1S/C13H20N4O2/c1-4-8-6-10(18)7-9(5-2)11(8)17(12(14)15)13(19)16-3/h6-7,18H,4-5H2,1-3H3,(H3,14,15)(H,16,19). The second kappa shape index (κ2) is 6.08. The zero-order valence-corrected chi connectivity index (χ0v) is 11.4. The second-order valence-electron chi connectivity index (χ2n) is 4.10. The van der Waals surface area contributed by atoms with Crippen LogP contribution in [0.3, 0.4) is 0 Å². The first-order valence-electron chi connectivity index (χ1n) is 6.16. The number of benzene rings is 1. The van der Waals surface area contributed by atoms with Crippen molar-refractivity contribution in [3.63, 3.8) is 0 Å². The highest BCUT2D eigenvalue weighted by Gasteiger charge is 2.23. The summed E-state index contributed by atoms with van der Waals surface area (Å²) in [6, 6.07) is 2.71. The molecule has 1 aromatic carbocycles. The number of carbonyl (C=O) groups is 1. The lowest BCUT2D eigenvalue weighted by atomic mass is 10.0. The number of nitrogens with two attached hydrogens (primary N) is 1. The molecule has 0 saturated carbocycles. The van der Waals surface area contributed by atoms with Gasteiger partial charge in [0.25, 0.3) is 0 Å². The molecule has 5 N–H and O–H groups in total. The van der Waals surface area contributed by atoms with E-state index in [9.17, 15) is 9.90 Å². The Bertz CT molecular complexity index is 474. The molecule has 0 atom stereocenters. The largest absolute Gasteiger partial charge is 0.508 e. The molecular weight excluding hydrogens is 244 g/mol. The number of phenols is 1. The second-order valence-corrected chi connectivity index (χ2v) is 4.10. The van der Waals surface area contributed by atoms with Gasteiger partial charge in [0.2, 0.25) is 5.96 Å². The van der Waals surface area contributed by atoms with E-state index >= 15 is 0 Å². The van der Waals surface area contributed by atoms with Crippen molar-refractivity contribution in [1.82, 2.24) is 5.32 Å². The first-order chi connectivity index (χ1) is 8.96. The van der Waals surface area contributed by atoms with Crippen LogP contribution < -0.4 is 16.0 Å². The Morgan fingerprint density at radius 1 is 1.37 bits per heavy atom. The van der Waals surface area contributed by atoms with Crippen LogP contribution in [0.25, 0.3) is 0 Å². The molecule has 2 amide bonds. The Kier molecular flexibility index (Phi) is 4.74. The predicted octanol–water partition coefficient (Wildman–Crippen LogP) is 1.56. The maximum absolute atomic E-state index is 11.9. The van der Waals surface area contributed by atoms with Crippen molar-refractivity contribution in [2.45, 2.75) is 26.7 Å². The van der Waals surface area contributed by atoms with Crippen molar-refractivity contribution in [1.29, 1.82) is 5.41 Å². The molecule has 0 fully saturated rings. The molecule has 1 rings (SSSR count). The first kappa shape index (κ1) is 14.8. The third-order valence-electron chi connectivity index (χ3n) is 2.90. The van der Waals surface area contributed by atoms with Crippen LogP contribution in [0.2, 0.25) is 0 Å². The van der Waals surface area contributed by atoms with Crippen LogP contribution in [-0.2, 0) is 12.8 Å². The fourth-order valence-electron chi connectivity index (χ4n) is 2.01. The van der Waals surface area contributed by atoms with Crippen LogP contribution >= 0.6 is 0 Å². The SMILES string of the molecule is CCc1cc(O)cc(CC)c1N(C(=N)N)C(=O)NC. The molecule has 0 aromatic heterocycles. The molecule has 0 spiro atoms. The summed E-state index contributed by atoms with van der Waals surface area (Å²) >= 11 is 0. The monoisotopic (exact) mass is 264 g/mol. The topological polar surface area (TPSA) is 102 Å². The van der Waals surface area contributed by atoms with Gasteiger partial charge in [0, 0.05) is 7.05 Å². The van der Waals surface area contributed by atoms with Crippen LogP contribution in [0.4, 0.5) is 10.5 Å². The summed E-state index contributed by atoms with van der Waals surface area (Å²) < 4.78 is 0. The summed E-state index contributed by atoms with van der Waals surface area (Å²) in [6.07, 6.45) is 1.25. The number of hydrogen-bond donors (Lipinski definition) is 4. The van der Waals surface area contributed by atoms with Gasteiger partial charge in [0.05, 0.1) is 5.69 Å². The number of anilines is 1. The zero-order valence-electron chi connectivity index (χ0n) is 11.4. The van der Waals surface area contributed by atoms with Crippen LogP contribution in [0, 0.1) is 5.41 Å². The normalized spacial score (nSPS) is 10.1. The lowest BCUT2D eigenvalue weighted by Gasteiger charge is -2.25. The third kappa shape index (κ3) is 2.96. The van der Waals surface area contributed by atoms with Gasteiger partial charge in [0.1, 0.15) is 5.75 Å². The highest BCUT2D eigenvalue weighted by atomic mass is 16.3. The molecule has 0 heterocycles. The van der Waals surface area contributed by atoms with E-state index in [2.05, 4.69) is 5.32 Å². The molecule has 0 unspecified atom stereocenters. The minimum absolute atomic E-state index is 0.151. The fourth-order valence-corrected chi connectivity index (χ4v) is 2.01. The minimum Gasteiger partial charge on any atom is -0.508 e. The van der Waals surface area contributed by atoms with Crippen LogP contribution in [0.1, 0.15) is 25.0 Å². The molecule has 0 radical (unpaired) electrons. The van der Waals surface area contributed by atoms with Gasteiger partial charge in [-0.15, -0.1) is 0 Å². The maximum atomic E-state index is 11.9. The molecule has 6 nitrogen and oxygen atoms in total. The number of carbonyl (C=O) groups excluding carboxylic acids is 1. The van der Waals surface area contributed by atoms with Gasteiger partial charge >= 0.3 is 6.03 Å². The number of guanidine groups is 1. The number of nitrogens with one attached hydrogen (secondary N) is 2. The quantitative estimate of drug-likeness (QED) is 0.492. The fraction of sp³-hybridized carbons (Fsp3) is 0.385. The summed E-state index contributed by atoms with van der Waals surface area (Å²) in [5.41, 5.74) is 7.64. The zero-order chi connectivity index (χ0) is 14.6. The number of aromatic hydroxyl groups is 1. The molecule has 104 valence electrons. The van der Waals surface area contributed by atoms with E-state index in [4.69, 9.17) is 11.1 Å². The van der Waals surface area contributed by atoms with E-state index < -0.39 is 6.03 Å². The van der Waals surface area contributed by atoms with Gasteiger partial charge in [-0.3, -0.25) is 5.41 Å². The lowest BCUT2D eigenvalue weighted by Crippen LogP contribution is -2.47. The average molecular weight is 264 g/mol. The van der Waals surface area contributed by atoms with Gasteiger partial charge in [-0.05, 0) is 36.1 Å². The van der Waals surface area contributed by atoms with Gasteiger partial charge in [-0.1, -0.05) is 13.8 Å².